The van der Waals surface area contributed by atoms with E-state index in [0.717, 1.165) is 57.8 Å². The number of aliphatic hydroxyl groups is 2. The molecule has 0 saturated heterocycles. The van der Waals surface area contributed by atoms with Crippen molar-refractivity contribution in [3.8, 4) is 0 Å². The monoisotopic (exact) mass is 1000 g/mol. The number of hydrogen-bond acceptors (Lipinski definition) is 5. The van der Waals surface area contributed by atoms with Crippen molar-refractivity contribution in [2.75, 3.05) is 13.2 Å². The van der Waals surface area contributed by atoms with Crippen LogP contribution in [-0.2, 0) is 14.3 Å². The second-order valence-corrected chi connectivity index (χ2v) is 22.5. The van der Waals surface area contributed by atoms with Crippen molar-refractivity contribution < 1.29 is 24.5 Å². The van der Waals surface area contributed by atoms with Crippen LogP contribution in [0.25, 0.3) is 0 Å². The smallest absolute Gasteiger partial charge is 0.305 e. The molecular weight excluding hydrogens is 875 g/mol. The van der Waals surface area contributed by atoms with E-state index in [1.165, 1.54) is 276 Å². The molecule has 0 aliphatic heterocycles. The third-order valence-corrected chi connectivity index (χ3v) is 15.3. The predicted octanol–water partition coefficient (Wildman–Crippen LogP) is 20.4. The average Bonchev–Trinajstić information content (AvgIpc) is 3.37. The van der Waals surface area contributed by atoms with Gasteiger partial charge in [0, 0.05) is 12.8 Å². The Balaban J connectivity index is 3.43. The summed E-state index contributed by atoms with van der Waals surface area (Å²) in [5.41, 5.74) is 0. The molecule has 2 unspecified atom stereocenters. The first-order chi connectivity index (χ1) is 35.0. The van der Waals surface area contributed by atoms with Gasteiger partial charge in [0.15, 0.2) is 0 Å². The van der Waals surface area contributed by atoms with Crippen molar-refractivity contribution in [1.29, 1.82) is 0 Å². The van der Waals surface area contributed by atoms with Crippen LogP contribution < -0.4 is 5.32 Å². The number of esters is 1. The number of nitrogens with one attached hydrogen (secondary N) is 1. The molecule has 422 valence electrons. The van der Waals surface area contributed by atoms with Crippen molar-refractivity contribution in [1.82, 2.24) is 5.32 Å². The van der Waals surface area contributed by atoms with E-state index in [2.05, 4.69) is 31.3 Å². The largest absolute Gasteiger partial charge is 0.466 e. The summed E-state index contributed by atoms with van der Waals surface area (Å²) in [5.74, 6) is -0.0565. The maximum atomic E-state index is 12.5. The van der Waals surface area contributed by atoms with E-state index in [4.69, 9.17) is 4.74 Å². The van der Waals surface area contributed by atoms with E-state index in [9.17, 15) is 19.8 Å². The molecular formula is C65H127NO5. The second kappa shape index (κ2) is 61.1. The first-order valence-corrected chi connectivity index (χ1v) is 32.4. The summed E-state index contributed by atoms with van der Waals surface area (Å²) in [4.78, 5) is 24.6. The van der Waals surface area contributed by atoms with Crippen LogP contribution in [0.4, 0.5) is 0 Å². The second-order valence-electron chi connectivity index (χ2n) is 22.5. The van der Waals surface area contributed by atoms with Crippen LogP contribution in [0.1, 0.15) is 367 Å². The molecule has 0 radical (unpaired) electrons. The molecule has 1 amide bonds. The Labute approximate surface area is 444 Å². The van der Waals surface area contributed by atoms with Gasteiger partial charge in [-0.1, -0.05) is 315 Å². The fourth-order valence-corrected chi connectivity index (χ4v) is 10.3. The van der Waals surface area contributed by atoms with E-state index >= 15 is 0 Å². The molecule has 0 spiro atoms. The lowest BCUT2D eigenvalue weighted by atomic mass is 10.0. The van der Waals surface area contributed by atoms with Gasteiger partial charge in [0.05, 0.1) is 25.4 Å². The van der Waals surface area contributed by atoms with Crippen LogP contribution in [0.2, 0.25) is 0 Å². The molecule has 0 aromatic rings. The topological polar surface area (TPSA) is 95.9 Å². The van der Waals surface area contributed by atoms with Crippen LogP contribution in [0.15, 0.2) is 12.2 Å². The number of hydrogen-bond donors (Lipinski definition) is 3. The fourth-order valence-electron chi connectivity index (χ4n) is 10.3. The van der Waals surface area contributed by atoms with Crippen molar-refractivity contribution in [2.24, 2.45) is 0 Å². The number of rotatable bonds is 61. The van der Waals surface area contributed by atoms with Crippen LogP contribution in [-0.4, -0.2) is 47.4 Å². The minimum absolute atomic E-state index is 0.0105. The van der Waals surface area contributed by atoms with E-state index < -0.39 is 12.1 Å². The number of allylic oxidation sites excluding steroid dienone is 2. The zero-order valence-corrected chi connectivity index (χ0v) is 48.2. The molecule has 3 N–H and O–H groups in total. The normalized spacial score (nSPS) is 12.6. The maximum Gasteiger partial charge on any atom is 0.305 e. The van der Waals surface area contributed by atoms with Crippen molar-refractivity contribution in [3.05, 3.63) is 12.2 Å². The Morgan fingerprint density at radius 1 is 0.380 bits per heavy atom. The molecule has 0 fully saturated rings. The van der Waals surface area contributed by atoms with E-state index in [1.807, 2.05) is 0 Å². The van der Waals surface area contributed by atoms with Crippen LogP contribution >= 0.6 is 0 Å². The molecule has 0 saturated carbocycles. The Bertz CT molecular complexity index is 1060. The SMILES string of the molecule is CCCCCCCCC/C=C\CCCCCCCCCC(=O)OCCCCCCCCCCCCCCC(=O)NC(CO)C(O)CCCCCCCCCCCCCCCCCCCCCCCCCC. The number of aliphatic hydroxyl groups excluding tert-OH is 2. The predicted molar refractivity (Wildman–Crippen MR) is 310 cm³/mol. The molecule has 6 heteroatoms. The quantitative estimate of drug-likeness (QED) is 0.0320. The molecule has 0 aliphatic rings. The average molecular weight is 1000 g/mol. The highest BCUT2D eigenvalue weighted by molar-refractivity contribution is 5.76. The Morgan fingerprint density at radius 2 is 0.662 bits per heavy atom. The highest BCUT2D eigenvalue weighted by atomic mass is 16.5. The number of ether oxygens (including phenoxy) is 1. The van der Waals surface area contributed by atoms with Crippen LogP contribution in [0.5, 0.6) is 0 Å². The van der Waals surface area contributed by atoms with E-state index in [0.29, 0.717) is 25.9 Å². The summed E-state index contributed by atoms with van der Waals surface area (Å²) in [5, 5.41) is 23.4. The van der Waals surface area contributed by atoms with Crippen molar-refractivity contribution in [2.45, 2.75) is 379 Å². The third kappa shape index (κ3) is 57.7. The number of carbonyl (C=O) groups is 2. The van der Waals surface area contributed by atoms with Gasteiger partial charge in [-0.15, -0.1) is 0 Å². The van der Waals surface area contributed by atoms with Crippen LogP contribution in [0.3, 0.4) is 0 Å². The van der Waals surface area contributed by atoms with Gasteiger partial charge in [-0.25, -0.2) is 0 Å². The van der Waals surface area contributed by atoms with Gasteiger partial charge in [-0.05, 0) is 51.4 Å². The molecule has 0 aromatic carbocycles. The molecule has 71 heavy (non-hydrogen) atoms. The molecule has 6 nitrogen and oxygen atoms in total. The molecule has 0 rings (SSSR count). The van der Waals surface area contributed by atoms with Gasteiger partial charge in [0.1, 0.15) is 0 Å². The number of unbranched alkanes of at least 4 members (excludes halogenated alkanes) is 48. The zero-order valence-electron chi connectivity index (χ0n) is 48.2. The fraction of sp³-hybridized carbons (Fsp3) is 0.938. The van der Waals surface area contributed by atoms with Gasteiger partial charge in [0.2, 0.25) is 5.91 Å². The minimum Gasteiger partial charge on any atom is -0.466 e. The van der Waals surface area contributed by atoms with Crippen molar-refractivity contribution >= 4 is 11.9 Å². The van der Waals surface area contributed by atoms with Crippen molar-refractivity contribution in [3.63, 3.8) is 0 Å². The third-order valence-electron chi connectivity index (χ3n) is 15.3. The summed E-state index contributed by atoms with van der Waals surface area (Å²) in [6.45, 7) is 4.95. The highest BCUT2D eigenvalue weighted by Gasteiger charge is 2.20. The zero-order chi connectivity index (χ0) is 51.4. The lowest BCUT2D eigenvalue weighted by Gasteiger charge is -2.22. The Morgan fingerprint density at radius 3 is 1.00 bits per heavy atom. The van der Waals surface area contributed by atoms with E-state index in [-0.39, 0.29) is 18.5 Å². The summed E-state index contributed by atoms with van der Waals surface area (Å²) < 4.78 is 5.49. The molecule has 0 heterocycles. The summed E-state index contributed by atoms with van der Waals surface area (Å²) in [6.07, 6.45) is 73.6. The minimum atomic E-state index is -0.676. The molecule has 0 bridgehead atoms. The highest BCUT2D eigenvalue weighted by Crippen LogP contribution is 2.18. The van der Waals surface area contributed by atoms with Gasteiger partial charge in [-0.3, -0.25) is 9.59 Å². The molecule has 0 aromatic heterocycles. The summed E-state index contributed by atoms with van der Waals surface area (Å²) in [7, 11) is 0. The lowest BCUT2D eigenvalue weighted by molar-refractivity contribution is -0.143. The number of amides is 1. The van der Waals surface area contributed by atoms with Gasteiger partial charge >= 0.3 is 5.97 Å². The summed E-state index contributed by atoms with van der Waals surface area (Å²) in [6, 6.07) is -0.554. The van der Waals surface area contributed by atoms with Crippen LogP contribution in [0, 0.1) is 0 Å². The molecule has 0 aliphatic carbocycles. The Hall–Kier alpha value is -1.40. The van der Waals surface area contributed by atoms with Gasteiger partial charge in [-0.2, -0.15) is 0 Å². The Kier molecular flexibility index (Phi) is 59.9. The number of carbonyl (C=O) groups excluding carboxylic acids is 2. The van der Waals surface area contributed by atoms with E-state index in [1.54, 1.807) is 0 Å². The summed E-state index contributed by atoms with van der Waals surface area (Å²) >= 11 is 0. The molecule has 2 atom stereocenters. The standard InChI is InChI=1S/C65H127NO5/c1-3-5-7-9-11-13-15-17-19-21-23-24-25-26-27-28-29-31-33-37-41-45-49-53-57-63(68)62(61-67)66-64(69)58-54-50-46-42-38-35-36-40-44-48-52-56-60-71-65(70)59-55-51-47-43-39-34-32-30-22-20-18-16-14-12-10-8-6-4-2/h20,22,62-63,67-68H,3-19,21,23-61H2,1-2H3,(H,66,69)/b22-20-. The van der Waals surface area contributed by atoms with Gasteiger partial charge < -0.3 is 20.3 Å². The first kappa shape index (κ1) is 69.6. The first-order valence-electron chi connectivity index (χ1n) is 32.4. The maximum absolute atomic E-state index is 12.5. The van der Waals surface area contributed by atoms with Gasteiger partial charge in [0.25, 0.3) is 0 Å². The lowest BCUT2D eigenvalue weighted by Crippen LogP contribution is -2.45.